The molecule has 42 valence electrons. The van der Waals surface area contributed by atoms with Crippen molar-refractivity contribution in [3.05, 3.63) is 0 Å². The molecule has 1 heterocycles. The molecule has 0 aromatic rings. The van der Waals surface area contributed by atoms with Crippen LogP contribution < -0.4 is 5.32 Å². The SMILES string of the molecule is C[C@@H]1NCC[C@@H]1F. The van der Waals surface area contributed by atoms with Gasteiger partial charge >= 0.3 is 0 Å². The maximum Gasteiger partial charge on any atom is 0.116 e. The zero-order chi connectivity index (χ0) is 5.28. The van der Waals surface area contributed by atoms with Gasteiger partial charge in [-0.05, 0) is 19.9 Å². The quantitative estimate of drug-likeness (QED) is 0.476. The predicted octanol–water partition coefficient (Wildman–Crippen LogP) is 0.706. The first-order valence-corrected chi connectivity index (χ1v) is 2.68. The Kier molecular flexibility index (Phi) is 1.28. The Labute approximate surface area is 42.9 Å². The lowest BCUT2D eigenvalue weighted by Gasteiger charge is -2.01. The van der Waals surface area contributed by atoms with Gasteiger partial charge < -0.3 is 5.32 Å². The van der Waals surface area contributed by atoms with Gasteiger partial charge in [0.15, 0.2) is 0 Å². The Balaban J connectivity index is 2.33. The van der Waals surface area contributed by atoms with Crippen molar-refractivity contribution in [2.24, 2.45) is 0 Å². The van der Waals surface area contributed by atoms with Gasteiger partial charge in [0.05, 0.1) is 0 Å². The number of nitrogens with one attached hydrogen (secondary N) is 1. The highest BCUT2D eigenvalue weighted by molar-refractivity contribution is 4.78. The maximum atomic E-state index is 12.3. The predicted molar refractivity (Wildman–Crippen MR) is 27.0 cm³/mol. The largest absolute Gasteiger partial charge is 0.311 e. The van der Waals surface area contributed by atoms with Gasteiger partial charge in [-0.2, -0.15) is 0 Å². The second kappa shape index (κ2) is 1.78. The van der Waals surface area contributed by atoms with Gasteiger partial charge in [0.25, 0.3) is 0 Å². The van der Waals surface area contributed by atoms with Crippen molar-refractivity contribution >= 4 is 0 Å². The molecule has 2 heteroatoms. The highest BCUT2D eigenvalue weighted by Crippen LogP contribution is 2.08. The van der Waals surface area contributed by atoms with Crippen molar-refractivity contribution in [2.75, 3.05) is 6.54 Å². The van der Waals surface area contributed by atoms with Crippen molar-refractivity contribution in [3.63, 3.8) is 0 Å². The van der Waals surface area contributed by atoms with Crippen LogP contribution in [0.2, 0.25) is 0 Å². The summed E-state index contributed by atoms with van der Waals surface area (Å²) in [7, 11) is 0. The van der Waals surface area contributed by atoms with Gasteiger partial charge in [0.1, 0.15) is 6.17 Å². The molecule has 1 fully saturated rings. The van der Waals surface area contributed by atoms with Crippen molar-refractivity contribution in [1.29, 1.82) is 0 Å². The second-order valence-corrected chi connectivity index (χ2v) is 2.05. The average Bonchev–Trinajstić information content (AvgIpc) is 1.91. The molecule has 0 saturated carbocycles. The Morgan fingerprint density at radius 1 is 1.71 bits per heavy atom. The summed E-state index contributed by atoms with van der Waals surface area (Å²) in [5, 5.41) is 2.99. The fourth-order valence-electron chi connectivity index (χ4n) is 0.827. The van der Waals surface area contributed by atoms with Crippen LogP contribution in [0.3, 0.4) is 0 Å². The van der Waals surface area contributed by atoms with Crippen LogP contribution in [0.5, 0.6) is 0 Å². The van der Waals surface area contributed by atoms with Crippen LogP contribution in [0.1, 0.15) is 13.3 Å². The first-order valence-electron chi connectivity index (χ1n) is 2.68. The normalized spacial score (nSPS) is 42.0. The summed E-state index contributed by atoms with van der Waals surface area (Å²) < 4.78 is 12.3. The zero-order valence-electron chi connectivity index (χ0n) is 4.45. The first kappa shape index (κ1) is 5.04. The monoisotopic (exact) mass is 103 g/mol. The molecule has 0 aliphatic carbocycles. The third-order valence-electron chi connectivity index (χ3n) is 1.43. The highest BCUT2D eigenvalue weighted by atomic mass is 19.1. The van der Waals surface area contributed by atoms with E-state index >= 15 is 0 Å². The molecule has 1 saturated heterocycles. The van der Waals surface area contributed by atoms with E-state index in [1.165, 1.54) is 0 Å². The molecule has 7 heavy (non-hydrogen) atoms. The number of halogens is 1. The van der Waals surface area contributed by atoms with Crippen molar-refractivity contribution in [3.8, 4) is 0 Å². The third-order valence-corrected chi connectivity index (χ3v) is 1.43. The number of hydrogen-bond acceptors (Lipinski definition) is 1. The molecule has 0 amide bonds. The molecule has 2 atom stereocenters. The summed E-state index contributed by atoms with van der Waals surface area (Å²) in [6, 6.07) is 0.0972. The lowest BCUT2D eigenvalue weighted by atomic mass is 10.2. The second-order valence-electron chi connectivity index (χ2n) is 2.05. The van der Waals surface area contributed by atoms with E-state index in [9.17, 15) is 4.39 Å². The van der Waals surface area contributed by atoms with E-state index in [0.29, 0.717) is 6.42 Å². The van der Waals surface area contributed by atoms with E-state index in [1.807, 2.05) is 6.92 Å². The molecule has 1 rings (SSSR count). The van der Waals surface area contributed by atoms with Crippen LogP contribution in [0.25, 0.3) is 0 Å². The lowest BCUT2D eigenvalue weighted by molar-refractivity contribution is 0.313. The van der Waals surface area contributed by atoms with E-state index < -0.39 is 6.17 Å². The maximum absolute atomic E-state index is 12.3. The lowest BCUT2D eigenvalue weighted by Crippen LogP contribution is -2.23. The van der Waals surface area contributed by atoms with E-state index in [-0.39, 0.29) is 6.04 Å². The van der Waals surface area contributed by atoms with Crippen LogP contribution in [-0.4, -0.2) is 18.8 Å². The summed E-state index contributed by atoms with van der Waals surface area (Å²) in [6.07, 6.45) is 0.0984. The highest BCUT2D eigenvalue weighted by Gasteiger charge is 2.20. The number of alkyl halides is 1. The Morgan fingerprint density at radius 2 is 2.43 bits per heavy atom. The minimum Gasteiger partial charge on any atom is -0.311 e. The summed E-state index contributed by atoms with van der Waals surface area (Å²) in [5.41, 5.74) is 0. The molecule has 1 aliphatic heterocycles. The zero-order valence-corrected chi connectivity index (χ0v) is 4.45. The number of rotatable bonds is 0. The minimum atomic E-state index is -0.597. The molecule has 0 aromatic heterocycles. The van der Waals surface area contributed by atoms with Gasteiger partial charge in [-0.3, -0.25) is 0 Å². The summed E-state index contributed by atoms with van der Waals surface area (Å²) in [6.45, 7) is 2.72. The van der Waals surface area contributed by atoms with E-state index in [1.54, 1.807) is 0 Å². The molecule has 0 unspecified atom stereocenters. The van der Waals surface area contributed by atoms with Crippen LogP contribution in [0, 0.1) is 0 Å². The van der Waals surface area contributed by atoms with Gasteiger partial charge in [0.2, 0.25) is 0 Å². The standard InChI is InChI=1S/C5H10FN/c1-4-5(6)2-3-7-4/h4-5,7H,2-3H2,1H3/t4-,5-/m0/s1. The summed E-state index contributed by atoms with van der Waals surface area (Å²) >= 11 is 0. The fourth-order valence-corrected chi connectivity index (χ4v) is 0.827. The fraction of sp³-hybridized carbons (Fsp3) is 1.00. The molecule has 0 bridgehead atoms. The first-order chi connectivity index (χ1) is 3.30. The van der Waals surface area contributed by atoms with E-state index in [2.05, 4.69) is 5.32 Å². The summed E-state index contributed by atoms with van der Waals surface area (Å²) in [4.78, 5) is 0. The Bertz CT molecular complexity index is 57.1. The Morgan fingerprint density at radius 3 is 2.57 bits per heavy atom. The molecular formula is C5H10FN. The molecule has 0 radical (unpaired) electrons. The van der Waals surface area contributed by atoms with Gasteiger partial charge in [-0.25, -0.2) is 4.39 Å². The molecule has 0 aromatic carbocycles. The van der Waals surface area contributed by atoms with E-state index in [4.69, 9.17) is 0 Å². The smallest absolute Gasteiger partial charge is 0.116 e. The molecule has 1 aliphatic rings. The molecule has 1 nitrogen and oxygen atoms in total. The van der Waals surface area contributed by atoms with Crippen LogP contribution in [0.4, 0.5) is 4.39 Å². The van der Waals surface area contributed by atoms with Gasteiger partial charge in [-0.1, -0.05) is 0 Å². The molecule has 0 spiro atoms. The van der Waals surface area contributed by atoms with Crippen molar-refractivity contribution in [1.82, 2.24) is 5.32 Å². The number of hydrogen-bond donors (Lipinski definition) is 1. The minimum absolute atomic E-state index is 0.0972. The van der Waals surface area contributed by atoms with Crippen LogP contribution in [0.15, 0.2) is 0 Å². The van der Waals surface area contributed by atoms with E-state index in [0.717, 1.165) is 6.54 Å². The van der Waals surface area contributed by atoms with Crippen molar-refractivity contribution < 1.29 is 4.39 Å². The van der Waals surface area contributed by atoms with Crippen LogP contribution >= 0.6 is 0 Å². The Hall–Kier alpha value is -0.110. The van der Waals surface area contributed by atoms with Gasteiger partial charge in [0, 0.05) is 6.04 Å². The van der Waals surface area contributed by atoms with Gasteiger partial charge in [-0.15, -0.1) is 0 Å². The van der Waals surface area contributed by atoms with Crippen molar-refractivity contribution in [2.45, 2.75) is 25.6 Å². The molecule has 1 N–H and O–H groups in total. The average molecular weight is 103 g/mol. The third kappa shape index (κ3) is 0.911. The summed E-state index contributed by atoms with van der Waals surface area (Å²) in [5.74, 6) is 0. The van der Waals surface area contributed by atoms with Crippen LogP contribution in [-0.2, 0) is 0 Å². The molecular weight excluding hydrogens is 93.1 g/mol. The topological polar surface area (TPSA) is 12.0 Å².